The minimum Gasteiger partial charge on any atom is -0.346 e. The van der Waals surface area contributed by atoms with Gasteiger partial charge in [-0.2, -0.15) is 0 Å². The van der Waals surface area contributed by atoms with Gasteiger partial charge in [-0.15, -0.1) is 22.7 Å². The molecule has 1 N–H and O–H groups in total. The summed E-state index contributed by atoms with van der Waals surface area (Å²) >= 11 is 9.16. The molecule has 3 aromatic rings. The summed E-state index contributed by atoms with van der Waals surface area (Å²) in [4.78, 5) is 13.5. The molecular formula is C14H13ClN2OS2. The number of amides is 1. The Labute approximate surface area is 129 Å². The molecule has 0 unspecified atom stereocenters. The first-order chi connectivity index (χ1) is 9.69. The van der Waals surface area contributed by atoms with Gasteiger partial charge < -0.3 is 9.88 Å². The molecule has 0 atom stereocenters. The van der Waals surface area contributed by atoms with E-state index in [4.69, 9.17) is 11.6 Å². The lowest BCUT2D eigenvalue weighted by atomic mass is 10.3. The van der Waals surface area contributed by atoms with Crippen LogP contribution < -0.4 is 5.32 Å². The minimum absolute atomic E-state index is 0.0419. The quantitative estimate of drug-likeness (QED) is 0.759. The molecule has 0 fully saturated rings. The first kappa shape index (κ1) is 13.7. The number of nitrogens with one attached hydrogen (secondary N) is 1. The largest absolute Gasteiger partial charge is 0.346 e. The van der Waals surface area contributed by atoms with E-state index in [1.165, 1.54) is 11.3 Å². The predicted molar refractivity (Wildman–Crippen MR) is 86.0 cm³/mol. The second-order valence-corrected chi connectivity index (χ2v) is 7.08. The van der Waals surface area contributed by atoms with Crippen LogP contribution in [0.25, 0.3) is 10.2 Å². The summed E-state index contributed by atoms with van der Waals surface area (Å²) in [6.07, 6.45) is 0. The van der Waals surface area contributed by atoms with Crippen LogP contribution in [0, 0.1) is 0 Å². The van der Waals surface area contributed by atoms with Crippen LogP contribution in [0.2, 0.25) is 4.34 Å². The molecule has 1 amide bonds. The Hall–Kier alpha value is -1.30. The molecule has 3 aromatic heterocycles. The summed E-state index contributed by atoms with van der Waals surface area (Å²) in [6, 6.07) is 7.83. The average Bonchev–Trinajstić information content (AvgIpc) is 3.10. The molecule has 20 heavy (non-hydrogen) atoms. The molecule has 6 heteroatoms. The molecule has 0 aromatic carbocycles. The molecule has 0 saturated heterocycles. The van der Waals surface area contributed by atoms with Gasteiger partial charge in [-0.05, 0) is 30.5 Å². The van der Waals surface area contributed by atoms with E-state index in [9.17, 15) is 4.79 Å². The van der Waals surface area contributed by atoms with Gasteiger partial charge in [-0.1, -0.05) is 17.7 Å². The maximum Gasteiger partial charge on any atom is 0.268 e. The molecule has 0 aliphatic heterocycles. The van der Waals surface area contributed by atoms with Crippen molar-refractivity contribution >= 4 is 50.4 Å². The average molecular weight is 325 g/mol. The highest BCUT2D eigenvalue weighted by Gasteiger charge is 2.16. The monoisotopic (exact) mass is 324 g/mol. The van der Waals surface area contributed by atoms with E-state index in [-0.39, 0.29) is 5.91 Å². The molecule has 3 rings (SSSR count). The molecule has 3 nitrogen and oxygen atoms in total. The van der Waals surface area contributed by atoms with E-state index in [2.05, 4.69) is 5.32 Å². The maximum atomic E-state index is 12.3. The predicted octanol–water partition coefficient (Wildman–Crippen LogP) is 4.37. The molecule has 0 radical (unpaired) electrons. The Bertz CT molecular complexity index is 743. The maximum absolute atomic E-state index is 12.3. The molecule has 0 aliphatic rings. The Morgan fingerprint density at radius 1 is 1.45 bits per heavy atom. The number of carbonyl (C=O) groups excluding carboxylic acids is 1. The van der Waals surface area contributed by atoms with E-state index < -0.39 is 0 Å². The SMILES string of the molecule is CCn1c(C(=O)NCc2cccs2)cc2sc(Cl)cc21. The first-order valence-corrected chi connectivity index (χ1v) is 8.35. The standard InChI is InChI=1S/C14H13ClN2OS2/c1-2-17-10-7-13(15)20-12(10)6-11(17)14(18)16-8-9-4-3-5-19-9/h3-7H,2,8H2,1H3,(H,16,18). The zero-order valence-electron chi connectivity index (χ0n) is 10.9. The molecule has 0 aliphatic carbocycles. The normalized spacial score (nSPS) is 11.1. The number of hydrogen-bond acceptors (Lipinski definition) is 3. The smallest absolute Gasteiger partial charge is 0.268 e. The molecule has 0 saturated carbocycles. The third-order valence-corrected chi connectivity index (χ3v) is 5.19. The highest BCUT2D eigenvalue weighted by atomic mass is 35.5. The Balaban J connectivity index is 1.85. The van der Waals surface area contributed by atoms with Crippen molar-refractivity contribution in [1.29, 1.82) is 0 Å². The fraction of sp³-hybridized carbons (Fsp3) is 0.214. The Morgan fingerprint density at radius 3 is 3.00 bits per heavy atom. The van der Waals surface area contributed by atoms with Crippen LogP contribution in [0.4, 0.5) is 0 Å². The van der Waals surface area contributed by atoms with Crippen LogP contribution in [0.15, 0.2) is 29.6 Å². The molecule has 104 valence electrons. The van der Waals surface area contributed by atoms with Crippen molar-refractivity contribution in [3.8, 4) is 0 Å². The van der Waals surface area contributed by atoms with Crippen molar-refractivity contribution in [2.45, 2.75) is 20.0 Å². The minimum atomic E-state index is -0.0419. The van der Waals surface area contributed by atoms with Crippen molar-refractivity contribution in [2.75, 3.05) is 0 Å². The number of thiophene rings is 2. The summed E-state index contributed by atoms with van der Waals surface area (Å²) < 4.78 is 3.81. The van der Waals surface area contributed by atoms with Gasteiger partial charge in [0.25, 0.3) is 5.91 Å². The highest BCUT2D eigenvalue weighted by Crippen LogP contribution is 2.32. The van der Waals surface area contributed by atoms with Crippen LogP contribution in [0.3, 0.4) is 0 Å². The molecule has 0 spiro atoms. The van der Waals surface area contributed by atoms with Crippen LogP contribution in [0.1, 0.15) is 22.3 Å². The lowest BCUT2D eigenvalue weighted by Crippen LogP contribution is -2.24. The fourth-order valence-electron chi connectivity index (χ4n) is 2.21. The molecule has 3 heterocycles. The lowest BCUT2D eigenvalue weighted by molar-refractivity contribution is 0.0942. The first-order valence-electron chi connectivity index (χ1n) is 6.28. The van der Waals surface area contributed by atoms with Gasteiger partial charge in [0.15, 0.2) is 0 Å². The summed E-state index contributed by atoms with van der Waals surface area (Å²) in [5.74, 6) is -0.0419. The number of fused-ring (bicyclic) bond motifs is 1. The van der Waals surface area contributed by atoms with Crippen LogP contribution in [0.5, 0.6) is 0 Å². The third-order valence-electron chi connectivity index (χ3n) is 3.11. The van der Waals surface area contributed by atoms with Crippen molar-refractivity contribution in [3.63, 3.8) is 0 Å². The third kappa shape index (κ3) is 2.49. The second-order valence-electron chi connectivity index (χ2n) is 4.34. The van der Waals surface area contributed by atoms with Crippen molar-refractivity contribution in [2.24, 2.45) is 0 Å². The number of carbonyl (C=O) groups is 1. The van der Waals surface area contributed by atoms with Crippen molar-refractivity contribution in [3.05, 3.63) is 44.6 Å². The van der Waals surface area contributed by atoms with Gasteiger partial charge in [-0.25, -0.2) is 0 Å². The topological polar surface area (TPSA) is 34.0 Å². The number of hydrogen-bond donors (Lipinski definition) is 1. The molecule has 0 bridgehead atoms. The van der Waals surface area contributed by atoms with Crippen LogP contribution in [-0.4, -0.2) is 10.5 Å². The van der Waals surface area contributed by atoms with E-state index in [0.717, 1.165) is 26.0 Å². The van der Waals surface area contributed by atoms with Gasteiger partial charge in [0.1, 0.15) is 5.69 Å². The van der Waals surface area contributed by atoms with Crippen molar-refractivity contribution in [1.82, 2.24) is 9.88 Å². The Kier molecular flexibility index (Phi) is 3.83. The summed E-state index contributed by atoms with van der Waals surface area (Å²) in [5, 5.41) is 4.97. The molecular weight excluding hydrogens is 312 g/mol. The van der Waals surface area contributed by atoms with E-state index in [0.29, 0.717) is 12.2 Å². The summed E-state index contributed by atoms with van der Waals surface area (Å²) in [6.45, 7) is 3.35. The lowest BCUT2D eigenvalue weighted by Gasteiger charge is -2.07. The van der Waals surface area contributed by atoms with Gasteiger partial charge in [0, 0.05) is 11.4 Å². The summed E-state index contributed by atoms with van der Waals surface area (Å²) in [7, 11) is 0. The number of rotatable bonds is 4. The second kappa shape index (κ2) is 5.60. The summed E-state index contributed by atoms with van der Waals surface area (Å²) in [5.41, 5.74) is 1.73. The van der Waals surface area contributed by atoms with E-state index in [1.54, 1.807) is 11.3 Å². The van der Waals surface area contributed by atoms with E-state index >= 15 is 0 Å². The van der Waals surface area contributed by atoms with Gasteiger partial charge in [0.05, 0.1) is 21.1 Å². The van der Waals surface area contributed by atoms with Gasteiger partial charge in [-0.3, -0.25) is 4.79 Å². The highest BCUT2D eigenvalue weighted by molar-refractivity contribution is 7.22. The van der Waals surface area contributed by atoms with Crippen molar-refractivity contribution < 1.29 is 4.79 Å². The van der Waals surface area contributed by atoms with Crippen LogP contribution in [-0.2, 0) is 13.1 Å². The number of halogens is 1. The van der Waals surface area contributed by atoms with Gasteiger partial charge >= 0.3 is 0 Å². The number of aromatic nitrogens is 1. The zero-order valence-corrected chi connectivity index (χ0v) is 13.2. The fourth-order valence-corrected chi connectivity index (χ4v) is 4.03. The Morgan fingerprint density at radius 2 is 2.30 bits per heavy atom. The zero-order chi connectivity index (χ0) is 14.1. The van der Waals surface area contributed by atoms with Crippen LogP contribution >= 0.6 is 34.3 Å². The van der Waals surface area contributed by atoms with Gasteiger partial charge in [0.2, 0.25) is 0 Å². The van der Waals surface area contributed by atoms with E-state index in [1.807, 2.05) is 41.1 Å². The number of aryl methyl sites for hydroxylation is 1. The number of nitrogens with zero attached hydrogens (tertiary/aromatic N) is 1.